The molecule has 63 heavy (non-hydrogen) atoms. The fraction of sp³-hybridized carbons (Fsp3) is 0.0645. The monoisotopic (exact) mass is 807 g/mol. The summed E-state index contributed by atoms with van der Waals surface area (Å²) in [5, 5.41) is 2.23. The summed E-state index contributed by atoms with van der Waals surface area (Å²) in [7, 11) is 0. The summed E-state index contributed by atoms with van der Waals surface area (Å²) in [6.07, 6.45) is 0. The summed E-state index contributed by atoms with van der Waals surface area (Å²) in [5.74, 6) is 0. The van der Waals surface area contributed by atoms with E-state index in [1.165, 1.54) is 11.1 Å². The maximum absolute atomic E-state index is 10.1. The smallest absolute Gasteiger partial charge is 0.0714 e. The highest BCUT2D eigenvalue weighted by atomic mass is 15.1. The van der Waals surface area contributed by atoms with Crippen LogP contribution in [-0.4, -0.2) is 0 Å². The summed E-state index contributed by atoms with van der Waals surface area (Å²) >= 11 is 0. The number of nitrogens with zero attached hydrogens (tertiary/aromatic N) is 1. The van der Waals surface area contributed by atoms with E-state index in [4.69, 9.17) is 0 Å². The Bertz CT molecular complexity index is 3540. The van der Waals surface area contributed by atoms with E-state index in [0.717, 1.165) is 77.8 Å². The van der Waals surface area contributed by atoms with Crippen molar-refractivity contribution in [3.63, 3.8) is 0 Å². The number of anilines is 3. The van der Waals surface area contributed by atoms with Crippen LogP contribution >= 0.6 is 0 Å². The van der Waals surface area contributed by atoms with Gasteiger partial charge >= 0.3 is 0 Å². The van der Waals surface area contributed by atoms with E-state index in [2.05, 4.69) is 184 Å². The fourth-order valence-corrected chi connectivity index (χ4v) is 10.8. The summed E-state index contributed by atoms with van der Waals surface area (Å²) in [5.41, 5.74) is 14.9. The Kier molecular flexibility index (Phi) is 7.55. The average molecular weight is 808 g/mol. The van der Waals surface area contributed by atoms with Crippen LogP contribution in [0.25, 0.3) is 55.3 Å². The molecule has 2 aliphatic carbocycles. The first-order valence-corrected chi connectivity index (χ1v) is 21.8. The van der Waals surface area contributed by atoms with Gasteiger partial charge in [-0.05, 0) is 119 Å². The van der Waals surface area contributed by atoms with Crippen LogP contribution in [0.3, 0.4) is 0 Å². The van der Waals surface area contributed by atoms with E-state index in [1.54, 1.807) is 0 Å². The molecule has 0 bridgehead atoms. The molecule has 0 N–H and O–H groups in total. The number of hydrogen-bond donors (Lipinski definition) is 0. The van der Waals surface area contributed by atoms with Gasteiger partial charge in [0.05, 0.1) is 16.6 Å². The Morgan fingerprint density at radius 3 is 1.73 bits per heavy atom. The molecular weight excluding hydrogens is 759 g/mol. The number of rotatable bonds is 7. The standard InChI is InChI=1S/C62H45N/c1-61(2)55-30-13-11-27-52(55)53-39-38-49(41-58(53)61)63(48-36-34-42(35-37-48)44-20-15-21-45(40-44)51-29-16-19-43-18-9-10-26-50(43)51)59-33-17-32-57-60(59)54-28-12-14-31-56(54)62(57,46-22-5-3-6-23-46)47-24-7-4-8-25-47/h3-41H,1-2H3/i34D,35D,36D,37D. The van der Waals surface area contributed by atoms with Crippen LogP contribution in [0, 0.1) is 0 Å². The van der Waals surface area contributed by atoms with Crippen LogP contribution in [0.5, 0.6) is 0 Å². The zero-order chi connectivity index (χ0) is 45.6. The van der Waals surface area contributed by atoms with Gasteiger partial charge in [0, 0.05) is 22.4 Å². The topological polar surface area (TPSA) is 3.24 Å². The molecule has 0 heterocycles. The molecule has 1 nitrogen and oxygen atoms in total. The lowest BCUT2D eigenvalue weighted by atomic mass is 9.68. The van der Waals surface area contributed by atoms with Crippen molar-refractivity contribution in [2.24, 2.45) is 0 Å². The molecule has 0 aliphatic heterocycles. The van der Waals surface area contributed by atoms with Crippen LogP contribution in [0.2, 0.25) is 0 Å². The molecule has 10 aromatic rings. The maximum atomic E-state index is 10.1. The van der Waals surface area contributed by atoms with Crippen LogP contribution in [0.15, 0.2) is 236 Å². The molecule has 0 unspecified atom stereocenters. The Morgan fingerprint density at radius 1 is 0.381 bits per heavy atom. The summed E-state index contributed by atoms with van der Waals surface area (Å²) < 4.78 is 39.8. The largest absolute Gasteiger partial charge is 0.310 e. The number of benzene rings is 10. The molecule has 0 fully saturated rings. The molecule has 0 amide bonds. The average Bonchev–Trinajstić information content (AvgIpc) is 3.81. The summed E-state index contributed by atoms with van der Waals surface area (Å²) in [6.45, 7) is 4.51. The molecule has 10 aromatic carbocycles. The van der Waals surface area contributed by atoms with E-state index in [0.29, 0.717) is 5.56 Å². The zero-order valence-electron chi connectivity index (χ0n) is 39.2. The Balaban J connectivity index is 1.13. The Morgan fingerprint density at radius 2 is 0.952 bits per heavy atom. The van der Waals surface area contributed by atoms with Crippen LogP contribution < -0.4 is 4.90 Å². The lowest BCUT2D eigenvalue weighted by molar-refractivity contribution is 0.660. The van der Waals surface area contributed by atoms with Crippen molar-refractivity contribution in [1.82, 2.24) is 0 Å². The van der Waals surface area contributed by atoms with Gasteiger partial charge in [0.15, 0.2) is 0 Å². The third kappa shape index (κ3) is 5.63. The molecule has 0 radical (unpaired) electrons. The van der Waals surface area contributed by atoms with Crippen LogP contribution in [0.4, 0.5) is 17.1 Å². The van der Waals surface area contributed by atoms with Crippen molar-refractivity contribution in [2.45, 2.75) is 24.7 Å². The van der Waals surface area contributed by atoms with Gasteiger partial charge in [-0.3, -0.25) is 0 Å². The molecule has 0 spiro atoms. The van der Waals surface area contributed by atoms with Crippen molar-refractivity contribution in [3.05, 3.63) is 270 Å². The minimum absolute atomic E-state index is 0.0964. The molecule has 0 atom stereocenters. The van der Waals surface area contributed by atoms with Crippen LogP contribution in [0.1, 0.15) is 52.7 Å². The molecule has 0 aromatic heterocycles. The molecule has 1 heteroatoms. The van der Waals surface area contributed by atoms with Gasteiger partial charge in [-0.2, -0.15) is 0 Å². The van der Waals surface area contributed by atoms with Crippen molar-refractivity contribution in [3.8, 4) is 44.5 Å². The summed E-state index contributed by atoms with van der Waals surface area (Å²) in [6, 6.07) is 73.4. The lowest BCUT2D eigenvalue weighted by Gasteiger charge is -2.34. The van der Waals surface area contributed by atoms with Gasteiger partial charge in [-0.1, -0.05) is 214 Å². The van der Waals surface area contributed by atoms with E-state index in [-0.39, 0.29) is 40.8 Å². The van der Waals surface area contributed by atoms with E-state index >= 15 is 0 Å². The van der Waals surface area contributed by atoms with Gasteiger partial charge in [-0.25, -0.2) is 0 Å². The Hall–Kier alpha value is -7.74. The molecule has 2 aliphatic rings. The first-order valence-electron chi connectivity index (χ1n) is 23.8. The second kappa shape index (κ2) is 14.4. The molecule has 298 valence electrons. The van der Waals surface area contributed by atoms with E-state index in [9.17, 15) is 5.48 Å². The molecule has 0 saturated heterocycles. The first-order chi connectivity index (χ1) is 32.7. The minimum atomic E-state index is -0.689. The summed E-state index contributed by atoms with van der Waals surface area (Å²) in [4.78, 5) is 2.01. The quantitative estimate of drug-likeness (QED) is 0.155. The van der Waals surface area contributed by atoms with Gasteiger partial charge in [-0.15, -0.1) is 0 Å². The second-order valence-electron chi connectivity index (χ2n) is 17.3. The van der Waals surface area contributed by atoms with Crippen molar-refractivity contribution in [2.75, 3.05) is 4.90 Å². The second-order valence-corrected chi connectivity index (χ2v) is 17.3. The highest BCUT2D eigenvalue weighted by molar-refractivity contribution is 5.99. The zero-order valence-corrected chi connectivity index (χ0v) is 35.2. The number of hydrogen-bond acceptors (Lipinski definition) is 1. The number of fused-ring (bicyclic) bond motifs is 7. The van der Waals surface area contributed by atoms with Crippen LogP contribution in [-0.2, 0) is 10.8 Å². The molecule has 0 saturated carbocycles. The minimum Gasteiger partial charge on any atom is -0.310 e. The van der Waals surface area contributed by atoms with E-state index in [1.807, 2.05) is 47.4 Å². The molecule has 12 rings (SSSR count). The predicted molar refractivity (Wildman–Crippen MR) is 264 cm³/mol. The Labute approximate surface area is 375 Å². The first kappa shape index (κ1) is 33.0. The molecular formula is C62H45N. The van der Waals surface area contributed by atoms with Crippen molar-refractivity contribution < 1.29 is 5.48 Å². The predicted octanol–water partition coefficient (Wildman–Crippen LogP) is 16.3. The van der Waals surface area contributed by atoms with Crippen molar-refractivity contribution >= 4 is 27.8 Å². The van der Waals surface area contributed by atoms with Gasteiger partial charge < -0.3 is 4.90 Å². The normalized spacial score (nSPS) is 14.7. The van der Waals surface area contributed by atoms with Crippen molar-refractivity contribution in [1.29, 1.82) is 0 Å². The van der Waals surface area contributed by atoms with Gasteiger partial charge in [0.25, 0.3) is 0 Å². The highest BCUT2D eigenvalue weighted by Crippen LogP contribution is 2.60. The fourth-order valence-electron chi connectivity index (χ4n) is 10.8. The van der Waals surface area contributed by atoms with E-state index < -0.39 is 5.41 Å². The maximum Gasteiger partial charge on any atom is 0.0714 e. The third-order valence-corrected chi connectivity index (χ3v) is 13.6. The van der Waals surface area contributed by atoms with Gasteiger partial charge in [0.1, 0.15) is 0 Å². The third-order valence-electron chi connectivity index (χ3n) is 13.6. The van der Waals surface area contributed by atoms with Gasteiger partial charge in [0.2, 0.25) is 0 Å². The highest BCUT2D eigenvalue weighted by Gasteiger charge is 2.47. The SMILES string of the molecule is [2H]c1c([2H])c(N(c2ccc3c(c2)C(C)(C)c2ccccc2-3)c2cccc3c2-c2ccccc2C3(c2ccccc2)c2ccccc2)c([2H])c([2H])c1-c1cccc(-c2cccc3ccccc23)c1. The lowest BCUT2D eigenvalue weighted by Crippen LogP contribution is -2.28.